The molecule has 7 rings (SSSR count). The number of fused-ring (bicyclic) bond motifs is 1. The zero-order valence-corrected chi connectivity index (χ0v) is 30.7. The van der Waals surface area contributed by atoms with Gasteiger partial charge >= 0.3 is 18.4 Å². The highest BCUT2D eigenvalue weighted by atomic mass is 19.4. The number of carbonyl (C=O) groups excluding carboxylic acids is 1. The molecule has 2 N–H and O–H groups in total. The Morgan fingerprint density at radius 2 is 1.45 bits per heavy atom. The van der Waals surface area contributed by atoms with Gasteiger partial charge in [0.2, 0.25) is 5.95 Å². The first-order chi connectivity index (χ1) is 26.5. The maximum absolute atomic E-state index is 15.4. The van der Waals surface area contributed by atoms with E-state index in [1.807, 2.05) is 48.2 Å². The highest BCUT2D eigenvalue weighted by molar-refractivity contribution is 5.89. The van der Waals surface area contributed by atoms with E-state index in [9.17, 15) is 31.1 Å². The first kappa shape index (κ1) is 40.5. The lowest BCUT2D eigenvalue weighted by atomic mass is 9.87. The average Bonchev–Trinajstić information content (AvgIpc) is 3.59. The fourth-order valence-electron chi connectivity index (χ4n) is 7.15. The van der Waals surface area contributed by atoms with Crippen LogP contribution in [-0.2, 0) is 24.4 Å². The van der Waals surface area contributed by atoms with Gasteiger partial charge in [0.15, 0.2) is 5.67 Å². The van der Waals surface area contributed by atoms with E-state index in [4.69, 9.17) is 0 Å². The Kier molecular flexibility index (Phi) is 11.9. The molecule has 0 aliphatic carbocycles. The van der Waals surface area contributed by atoms with Gasteiger partial charge in [-0.05, 0) is 98.7 Å². The summed E-state index contributed by atoms with van der Waals surface area (Å²) in [5.41, 5.74) is -0.762. The summed E-state index contributed by atoms with van der Waals surface area (Å²) >= 11 is 0. The summed E-state index contributed by atoms with van der Waals surface area (Å²) in [6.45, 7) is 3.22. The lowest BCUT2D eigenvalue weighted by molar-refractivity contribution is -0.138. The molecule has 5 aromatic rings. The summed E-state index contributed by atoms with van der Waals surface area (Å²) < 4.78 is 107. The lowest BCUT2D eigenvalue weighted by Gasteiger charge is -2.36. The van der Waals surface area contributed by atoms with E-state index in [0.29, 0.717) is 42.2 Å². The van der Waals surface area contributed by atoms with Gasteiger partial charge in [0.1, 0.15) is 5.67 Å². The topological polar surface area (TPSA) is 77.1 Å². The van der Waals surface area contributed by atoms with Crippen LogP contribution in [0, 0.1) is 6.92 Å². The number of likely N-dealkylation sites (tertiary alicyclic amines) is 1. The molecule has 2 fully saturated rings. The molecule has 2 amide bonds. The second-order valence-corrected chi connectivity index (χ2v) is 14.4. The second-order valence-electron chi connectivity index (χ2n) is 14.4. The Labute approximate surface area is 319 Å². The van der Waals surface area contributed by atoms with E-state index in [1.165, 1.54) is 28.7 Å². The van der Waals surface area contributed by atoms with Crippen molar-refractivity contribution in [3.05, 3.63) is 119 Å². The van der Waals surface area contributed by atoms with Crippen molar-refractivity contribution in [1.82, 2.24) is 19.9 Å². The molecule has 2 aliphatic heterocycles. The molecule has 2 aromatic heterocycles. The van der Waals surface area contributed by atoms with Gasteiger partial charge in [-0.1, -0.05) is 36.4 Å². The number of urea groups is 1. The number of nitrogens with one attached hydrogen (secondary N) is 2. The largest absolute Gasteiger partial charge is 0.416 e. The number of halogens is 8. The minimum Gasteiger partial charge on any atom is -0.342 e. The number of pyridine rings is 1. The Morgan fingerprint density at radius 3 is 2.07 bits per heavy atom. The lowest BCUT2D eigenvalue weighted by Crippen LogP contribution is -2.46. The van der Waals surface area contributed by atoms with E-state index in [-0.39, 0.29) is 44.5 Å². The zero-order chi connectivity index (χ0) is 40.1. The summed E-state index contributed by atoms with van der Waals surface area (Å²) in [5, 5.41) is 2.58. The molecule has 4 heterocycles. The number of hydrogen-bond acceptors (Lipinski definition) is 4. The highest BCUT2D eigenvalue weighted by Gasteiger charge is 2.40. The SMILES string of the molecule is Cc1cccnc1C1(F)CCN(c2nc3ccc(C(F)(F)F)cc3[nH]2)CC1.O=C(Nc1ccc(C(F)(F)F)cc1)N1CCC(F)(CCCc2ccccc2)CC1. The first-order valence-corrected chi connectivity index (χ1v) is 18.4. The number of anilines is 2. The van der Waals surface area contributed by atoms with Crippen molar-refractivity contribution in [2.75, 3.05) is 36.4 Å². The minimum absolute atomic E-state index is 0.246. The van der Waals surface area contributed by atoms with Crippen molar-refractivity contribution in [3.63, 3.8) is 0 Å². The van der Waals surface area contributed by atoms with Crippen molar-refractivity contribution in [2.45, 2.75) is 75.6 Å². The molecule has 3 aromatic carbocycles. The summed E-state index contributed by atoms with van der Waals surface area (Å²) in [4.78, 5) is 27.2. The van der Waals surface area contributed by atoms with Crippen molar-refractivity contribution in [2.24, 2.45) is 0 Å². The van der Waals surface area contributed by atoms with E-state index >= 15 is 8.78 Å². The minimum atomic E-state index is -4.42. The molecule has 2 aliphatic rings. The maximum Gasteiger partial charge on any atom is 0.416 e. The van der Waals surface area contributed by atoms with Crippen LogP contribution in [-0.4, -0.2) is 57.7 Å². The predicted octanol–water partition coefficient (Wildman–Crippen LogP) is 10.8. The summed E-state index contributed by atoms with van der Waals surface area (Å²) in [5.74, 6) is 0.462. The van der Waals surface area contributed by atoms with Crippen LogP contribution in [0.25, 0.3) is 11.0 Å². The molecule has 0 radical (unpaired) electrons. The van der Waals surface area contributed by atoms with Crippen molar-refractivity contribution in [3.8, 4) is 0 Å². The van der Waals surface area contributed by atoms with E-state index in [1.54, 1.807) is 12.3 Å². The van der Waals surface area contributed by atoms with Gasteiger partial charge in [-0.15, -0.1) is 0 Å². The molecule has 2 saturated heterocycles. The van der Waals surface area contributed by atoms with Crippen LogP contribution >= 0.6 is 0 Å². The van der Waals surface area contributed by atoms with Crippen molar-refractivity contribution >= 4 is 28.7 Å². The number of nitrogens with zero attached hydrogens (tertiary/aromatic N) is 4. The monoisotopic (exact) mass is 786 g/mol. The van der Waals surface area contributed by atoms with Crippen LogP contribution in [0.2, 0.25) is 0 Å². The molecule has 7 nitrogen and oxygen atoms in total. The molecule has 15 heteroatoms. The first-order valence-electron chi connectivity index (χ1n) is 18.4. The van der Waals surface area contributed by atoms with Crippen LogP contribution in [0.15, 0.2) is 91.1 Å². The summed E-state index contributed by atoms with van der Waals surface area (Å²) in [6, 6.07) is 20.8. The van der Waals surface area contributed by atoms with Crippen LogP contribution in [0.1, 0.15) is 66.5 Å². The molecular weight excluding hydrogens is 744 g/mol. The molecule has 0 spiro atoms. The quantitative estimate of drug-likeness (QED) is 0.161. The van der Waals surface area contributed by atoms with E-state index in [0.717, 1.165) is 42.7 Å². The number of hydrogen-bond donors (Lipinski definition) is 2. The number of imidazole rings is 1. The maximum atomic E-state index is 15.4. The normalized spacial score (nSPS) is 16.9. The number of amides is 2. The summed E-state index contributed by atoms with van der Waals surface area (Å²) in [7, 11) is 0. The number of aryl methyl sites for hydroxylation is 2. The third-order valence-electron chi connectivity index (χ3n) is 10.4. The fraction of sp³-hybridized carbons (Fsp3) is 0.390. The van der Waals surface area contributed by atoms with Crippen molar-refractivity contribution < 1.29 is 39.9 Å². The molecule has 0 saturated carbocycles. The third kappa shape index (κ3) is 9.96. The Bertz CT molecular complexity index is 2070. The average molecular weight is 787 g/mol. The molecule has 0 unspecified atom stereocenters. The van der Waals surface area contributed by atoms with E-state index < -0.39 is 40.8 Å². The van der Waals surface area contributed by atoms with Crippen LogP contribution in [0.3, 0.4) is 0 Å². The Balaban J connectivity index is 0.000000190. The smallest absolute Gasteiger partial charge is 0.342 e. The van der Waals surface area contributed by atoms with Crippen LogP contribution < -0.4 is 10.2 Å². The fourth-order valence-corrected chi connectivity index (χ4v) is 7.15. The van der Waals surface area contributed by atoms with Gasteiger partial charge in [-0.25, -0.2) is 18.6 Å². The second kappa shape index (κ2) is 16.5. The number of H-pyrrole nitrogens is 1. The number of alkyl halides is 8. The molecular formula is C41H42F8N6O. The number of carbonyl (C=O) groups is 1. The highest BCUT2D eigenvalue weighted by Crippen LogP contribution is 2.39. The van der Waals surface area contributed by atoms with Crippen LogP contribution in [0.4, 0.5) is 51.6 Å². The molecule has 0 atom stereocenters. The number of aromatic nitrogens is 3. The Hall–Kier alpha value is -5.21. The number of aromatic amines is 1. The standard InChI is InChI=1S/C22H24F4N2O.C19H18F4N4/c23-21(12-4-7-17-5-2-1-3-6-17)13-15-28(16-14-21)20(29)27-19-10-8-18(9-11-19)22(24,25)26;1-12-3-2-8-24-16(12)18(20)6-9-27(10-7-18)17-25-14-5-4-13(19(21,22)23)11-15(14)26-17/h1-3,5-6,8-11H,4,7,12-16H2,(H,27,29);2-5,8,11H,6-7,9-10H2,1H3,(H,25,26). The Morgan fingerprint density at radius 1 is 0.804 bits per heavy atom. The van der Waals surface area contributed by atoms with Gasteiger partial charge in [-0.2, -0.15) is 26.3 Å². The van der Waals surface area contributed by atoms with E-state index in [2.05, 4.69) is 20.3 Å². The van der Waals surface area contributed by atoms with Crippen molar-refractivity contribution in [1.29, 1.82) is 0 Å². The van der Waals surface area contributed by atoms with Crippen LogP contribution in [0.5, 0.6) is 0 Å². The van der Waals surface area contributed by atoms with Gasteiger partial charge in [0.05, 0.1) is 27.9 Å². The van der Waals surface area contributed by atoms with Gasteiger partial charge < -0.3 is 20.1 Å². The van der Waals surface area contributed by atoms with Gasteiger partial charge in [0.25, 0.3) is 0 Å². The van der Waals surface area contributed by atoms with Gasteiger partial charge in [0, 0.05) is 50.9 Å². The molecule has 56 heavy (non-hydrogen) atoms. The number of benzene rings is 3. The van der Waals surface area contributed by atoms with Gasteiger partial charge in [-0.3, -0.25) is 4.98 Å². The molecule has 0 bridgehead atoms. The third-order valence-corrected chi connectivity index (χ3v) is 10.4. The number of piperidine rings is 2. The number of rotatable bonds is 7. The summed E-state index contributed by atoms with van der Waals surface area (Å²) in [6.07, 6.45) is -4.18. The predicted molar refractivity (Wildman–Crippen MR) is 199 cm³/mol. The molecule has 298 valence electrons. The zero-order valence-electron chi connectivity index (χ0n) is 30.7.